The first-order valence-corrected chi connectivity index (χ1v) is 11.0. The maximum atomic E-state index is 12.8. The number of para-hydroxylation sites is 1. The molecule has 5 nitrogen and oxygen atoms in total. The normalized spacial score (nSPS) is 13.4. The average molecular weight is 440 g/mol. The van der Waals surface area contributed by atoms with Gasteiger partial charge in [0, 0.05) is 36.3 Å². The van der Waals surface area contributed by atoms with Gasteiger partial charge in [-0.3, -0.25) is 0 Å². The summed E-state index contributed by atoms with van der Waals surface area (Å²) in [5.74, 6) is 0.911. The van der Waals surface area contributed by atoms with Crippen LogP contribution in [0.3, 0.4) is 0 Å². The van der Waals surface area contributed by atoms with Crippen LogP contribution in [0.2, 0.25) is 0 Å². The van der Waals surface area contributed by atoms with Gasteiger partial charge in [0.05, 0.1) is 18.6 Å². The molecule has 160 valence electrons. The van der Waals surface area contributed by atoms with Crippen molar-refractivity contribution in [2.24, 2.45) is 10.2 Å². The highest BCUT2D eigenvalue weighted by Gasteiger charge is 2.21. The highest BCUT2D eigenvalue weighted by atomic mass is 32.2. The van der Waals surface area contributed by atoms with Crippen molar-refractivity contribution in [3.8, 4) is 0 Å². The molecule has 2 heterocycles. The quantitative estimate of drug-likeness (QED) is 0.422. The number of rotatable bonds is 9. The molecule has 1 aliphatic rings. The van der Waals surface area contributed by atoms with E-state index in [0.717, 1.165) is 41.4 Å². The van der Waals surface area contributed by atoms with Gasteiger partial charge in [0.15, 0.2) is 0 Å². The lowest BCUT2D eigenvalue weighted by Crippen LogP contribution is -2.16. The van der Waals surface area contributed by atoms with Crippen molar-refractivity contribution in [1.29, 1.82) is 0 Å². The van der Waals surface area contributed by atoms with E-state index in [2.05, 4.69) is 43.1 Å². The smallest absolute Gasteiger partial charge is 0.278 e. The lowest BCUT2D eigenvalue weighted by molar-refractivity contribution is 0.224. The van der Waals surface area contributed by atoms with Crippen molar-refractivity contribution in [2.45, 2.75) is 32.9 Å². The number of aromatic nitrogens is 2. The van der Waals surface area contributed by atoms with E-state index >= 15 is 0 Å². The third-order valence-electron chi connectivity index (χ3n) is 5.06. The van der Waals surface area contributed by atoms with E-state index in [4.69, 9.17) is 0 Å². The summed E-state index contributed by atoms with van der Waals surface area (Å²) >= 11 is 1.77. The summed E-state index contributed by atoms with van der Waals surface area (Å²) < 4.78 is 30.0. The molecule has 0 aliphatic carbocycles. The van der Waals surface area contributed by atoms with Crippen LogP contribution in [0.4, 0.5) is 14.5 Å². The zero-order valence-corrected chi connectivity index (χ0v) is 18.0. The number of hydrogen-bond donors (Lipinski definition) is 0. The number of hydrogen-bond acceptors (Lipinski definition) is 5. The first-order chi connectivity index (χ1) is 15.1. The van der Waals surface area contributed by atoms with Gasteiger partial charge in [-0.2, -0.15) is 10.2 Å². The van der Waals surface area contributed by atoms with E-state index in [1.807, 2.05) is 55.0 Å². The van der Waals surface area contributed by atoms with Crippen LogP contribution in [0.5, 0.6) is 0 Å². The molecule has 0 unspecified atom stereocenters. The highest BCUT2D eigenvalue weighted by molar-refractivity contribution is 8.00. The maximum absolute atomic E-state index is 12.8. The van der Waals surface area contributed by atoms with Crippen LogP contribution in [-0.2, 0) is 13.1 Å². The molecule has 0 N–H and O–H groups in total. The molecule has 4 rings (SSSR count). The van der Waals surface area contributed by atoms with Crippen LogP contribution in [-0.4, -0.2) is 33.2 Å². The summed E-state index contributed by atoms with van der Waals surface area (Å²) in [6.45, 7) is 3.66. The van der Waals surface area contributed by atoms with Gasteiger partial charge in [0.25, 0.3) is 6.43 Å². The summed E-state index contributed by atoms with van der Waals surface area (Å²) in [5.41, 5.74) is 4.67. The maximum Gasteiger partial charge on any atom is 0.278 e. The number of alkyl halides is 2. The number of benzene rings is 2. The summed E-state index contributed by atoms with van der Waals surface area (Å²) in [6, 6.07) is 18.2. The van der Waals surface area contributed by atoms with E-state index in [1.54, 1.807) is 11.9 Å². The molecule has 0 bridgehead atoms. The first kappa shape index (κ1) is 21.2. The summed E-state index contributed by atoms with van der Waals surface area (Å²) in [6.07, 6.45) is 1.28. The van der Waals surface area contributed by atoms with Gasteiger partial charge < -0.3 is 8.87 Å². The van der Waals surface area contributed by atoms with Crippen molar-refractivity contribution >= 4 is 29.1 Å². The molecule has 0 fully saturated rings. The fourth-order valence-electron chi connectivity index (χ4n) is 3.29. The fourth-order valence-corrected chi connectivity index (χ4v) is 4.30. The topological polar surface area (TPSA) is 45.8 Å². The van der Waals surface area contributed by atoms with Gasteiger partial charge >= 0.3 is 0 Å². The Morgan fingerprint density at radius 1 is 1.06 bits per heavy atom. The van der Waals surface area contributed by atoms with E-state index < -0.39 is 6.43 Å². The molecular formula is C23H23F2N5S. The van der Waals surface area contributed by atoms with Gasteiger partial charge in [-0.05, 0) is 42.1 Å². The van der Waals surface area contributed by atoms with Crippen LogP contribution in [0.25, 0.3) is 0 Å². The van der Waals surface area contributed by atoms with Crippen molar-refractivity contribution in [3.63, 3.8) is 0 Å². The van der Waals surface area contributed by atoms with Gasteiger partial charge in [0.2, 0.25) is 0 Å². The molecule has 31 heavy (non-hydrogen) atoms. The largest absolute Gasteiger partial charge is 0.334 e. The summed E-state index contributed by atoms with van der Waals surface area (Å²) in [4.78, 5) is 4.18. The predicted octanol–water partition coefficient (Wildman–Crippen LogP) is 5.36. The molecule has 0 saturated heterocycles. The van der Waals surface area contributed by atoms with Crippen molar-refractivity contribution < 1.29 is 8.78 Å². The number of imidazole rings is 1. The average Bonchev–Trinajstić information content (AvgIpc) is 3.44. The van der Waals surface area contributed by atoms with Crippen LogP contribution < -0.4 is 4.31 Å². The molecule has 0 atom stereocenters. The van der Waals surface area contributed by atoms with Gasteiger partial charge in [-0.1, -0.05) is 42.5 Å². The minimum Gasteiger partial charge on any atom is -0.334 e. The second-order valence-corrected chi connectivity index (χ2v) is 8.35. The van der Waals surface area contributed by atoms with Crippen LogP contribution in [0.15, 0.2) is 77.3 Å². The van der Waals surface area contributed by atoms with Gasteiger partial charge in [-0.15, -0.1) is 0 Å². The lowest BCUT2D eigenvalue weighted by atomic mass is 10.0. The van der Waals surface area contributed by atoms with E-state index in [9.17, 15) is 8.78 Å². The van der Waals surface area contributed by atoms with E-state index in [1.165, 1.54) is 0 Å². The number of nitrogens with zero attached hydrogens (tertiary/aromatic N) is 5. The first-order valence-electron chi connectivity index (χ1n) is 10.0. The minimum absolute atomic E-state index is 0.108. The lowest BCUT2D eigenvalue weighted by Gasteiger charge is -2.24. The molecular weight excluding hydrogens is 416 g/mol. The Bertz CT molecular complexity index is 1060. The van der Waals surface area contributed by atoms with Crippen molar-refractivity contribution in [3.05, 3.63) is 83.9 Å². The zero-order chi connectivity index (χ0) is 21.6. The van der Waals surface area contributed by atoms with Crippen LogP contribution in [0, 0.1) is 6.92 Å². The molecule has 1 aromatic heterocycles. The second kappa shape index (κ2) is 9.87. The molecule has 2 aromatic carbocycles. The van der Waals surface area contributed by atoms with Crippen LogP contribution in [0.1, 0.15) is 23.2 Å². The molecule has 0 amide bonds. The predicted molar refractivity (Wildman–Crippen MR) is 123 cm³/mol. The molecule has 0 radical (unpaired) electrons. The molecule has 0 saturated carbocycles. The Hall–Kier alpha value is -3.00. The monoisotopic (exact) mass is 439 g/mol. The Labute approximate surface area is 184 Å². The molecule has 8 heteroatoms. The molecule has 3 aromatic rings. The minimum atomic E-state index is -2.55. The van der Waals surface area contributed by atoms with Gasteiger partial charge in [0.1, 0.15) is 5.71 Å². The Balaban J connectivity index is 1.41. The summed E-state index contributed by atoms with van der Waals surface area (Å²) in [7, 11) is 0. The Morgan fingerprint density at radius 3 is 2.48 bits per heavy atom. The second-order valence-electron chi connectivity index (χ2n) is 7.25. The number of halogens is 2. The third-order valence-corrected chi connectivity index (χ3v) is 6.07. The van der Waals surface area contributed by atoms with E-state index in [-0.39, 0.29) is 12.1 Å². The van der Waals surface area contributed by atoms with E-state index in [0.29, 0.717) is 5.71 Å². The number of anilines is 1. The Morgan fingerprint density at radius 2 is 1.84 bits per heavy atom. The Kier molecular flexibility index (Phi) is 6.76. The van der Waals surface area contributed by atoms with Crippen molar-refractivity contribution in [2.75, 3.05) is 10.1 Å². The standard InChI is InChI=1S/C23H23F2N5S/c1-17-14-26-16-29(17)11-12-31-30(20-5-3-2-4-6-20)15-18-7-9-19(10-8-18)21-13-22(23(24)25)28-27-21/h2-10,14,16,23H,11-13,15H2,1H3. The van der Waals surface area contributed by atoms with Crippen LogP contribution >= 0.6 is 11.9 Å². The number of aryl methyl sites for hydroxylation is 2. The molecule has 0 spiro atoms. The van der Waals surface area contributed by atoms with Gasteiger partial charge in [-0.25, -0.2) is 13.8 Å². The zero-order valence-electron chi connectivity index (χ0n) is 17.2. The molecule has 1 aliphatic heterocycles. The summed E-state index contributed by atoms with van der Waals surface area (Å²) in [5, 5.41) is 7.52. The van der Waals surface area contributed by atoms with Crippen molar-refractivity contribution in [1.82, 2.24) is 9.55 Å². The highest BCUT2D eigenvalue weighted by Crippen LogP contribution is 2.26. The fraction of sp³-hybridized carbons (Fsp3) is 0.261. The third kappa shape index (κ3) is 5.38. The SMILES string of the molecule is Cc1cncn1CCSN(Cc1ccc(C2=NN=C(C(F)F)C2)cc1)c1ccccc1.